The molecule has 0 atom stereocenters. The van der Waals surface area contributed by atoms with E-state index in [1.54, 1.807) is 7.11 Å². The lowest BCUT2D eigenvalue weighted by atomic mass is 10.1. The first-order chi connectivity index (χ1) is 9.65. The van der Waals surface area contributed by atoms with Crippen molar-refractivity contribution in [2.45, 2.75) is 6.92 Å². The minimum atomic E-state index is 0.0989. The van der Waals surface area contributed by atoms with Crippen molar-refractivity contribution in [2.24, 2.45) is 0 Å². The molecule has 110 valence electrons. The van der Waals surface area contributed by atoms with E-state index in [-0.39, 0.29) is 5.91 Å². The molecule has 1 aromatic carbocycles. The maximum atomic E-state index is 12.5. The number of ether oxygens (including phenoxy) is 1. The van der Waals surface area contributed by atoms with Gasteiger partial charge < -0.3 is 9.64 Å². The molecule has 1 heterocycles. The van der Waals surface area contributed by atoms with Crippen molar-refractivity contribution in [2.75, 3.05) is 45.2 Å². The number of piperazine rings is 1. The largest absolute Gasteiger partial charge is 0.496 e. The first-order valence-corrected chi connectivity index (χ1v) is 8.00. The number of hydrogen-bond donors (Lipinski definition) is 0. The van der Waals surface area contributed by atoms with Gasteiger partial charge in [-0.3, -0.25) is 9.69 Å². The molecular weight excluding hydrogens is 320 g/mol. The monoisotopic (exact) mass is 340 g/mol. The van der Waals surface area contributed by atoms with E-state index < -0.39 is 0 Å². The summed E-state index contributed by atoms with van der Waals surface area (Å²) >= 11 is 3.45. The van der Waals surface area contributed by atoms with E-state index in [2.05, 4.69) is 20.8 Å². The van der Waals surface area contributed by atoms with Crippen LogP contribution < -0.4 is 4.74 Å². The van der Waals surface area contributed by atoms with E-state index >= 15 is 0 Å². The normalized spacial score (nSPS) is 16.2. The molecule has 0 bridgehead atoms. The highest BCUT2D eigenvalue weighted by Crippen LogP contribution is 2.20. The number of hydrogen-bond acceptors (Lipinski definition) is 3. The molecule has 2 rings (SSSR count). The molecule has 0 aromatic heterocycles. The summed E-state index contributed by atoms with van der Waals surface area (Å²) in [5.41, 5.74) is 1.76. The molecule has 0 unspecified atom stereocenters. The van der Waals surface area contributed by atoms with Crippen molar-refractivity contribution in [1.29, 1.82) is 0 Å². The van der Waals surface area contributed by atoms with Crippen LogP contribution in [0.1, 0.15) is 15.9 Å². The third-order valence-corrected chi connectivity index (χ3v) is 4.07. The standard InChI is InChI=1S/C15H21BrN2O2/c1-12-3-4-13(11-14(12)20-2)15(19)18-9-7-17(6-5-16)8-10-18/h3-4,11H,5-10H2,1-2H3. The van der Waals surface area contributed by atoms with E-state index in [1.807, 2.05) is 30.0 Å². The van der Waals surface area contributed by atoms with Crippen LogP contribution in [-0.2, 0) is 0 Å². The van der Waals surface area contributed by atoms with Crippen LogP contribution in [0, 0.1) is 6.92 Å². The second-order valence-corrected chi connectivity index (χ2v) is 5.80. The summed E-state index contributed by atoms with van der Waals surface area (Å²) in [5, 5.41) is 0.982. The molecular formula is C15H21BrN2O2. The average molecular weight is 341 g/mol. The fourth-order valence-corrected chi connectivity index (χ4v) is 2.93. The smallest absolute Gasteiger partial charge is 0.254 e. The Hall–Kier alpha value is -1.07. The highest BCUT2D eigenvalue weighted by molar-refractivity contribution is 9.09. The number of halogens is 1. The van der Waals surface area contributed by atoms with Crippen molar-refractivity contribution in [3.05, 3.63) is 29.3 Å². The molecule has 20 heavy (non-hydrogen) atoms. The van der Waals surface area contributed by atoms with Gasteiger partial charge in [-0.15, -0.1) is 0 Å². The molecule has 1 aliphatic rings. The van der Waals surface area contributed by atoms with Crippen LogP contribution in [0.4, 0.5) is 0 Å². The van der Waals surface area contributed by atoms with Gasteiger partial charge in [0.1, 0.15) is 5.75 Å². The molecule has 0 N–H and O–H groups in total. The molecule has 1 aromatic rings. The Morgan fingerprint density at radius 1 is 1.30 bits per heavy atom. The van der Waals surface area contributed by atoms with Crippen molar-refractivity contribution in [1.82, 2.24) is 9.80 Å². The quantitative estimate of drug-likeness (QED) is 0.787. The summed E-state index contributed by atoms with van der Waals surface area (Å²) in [7, 11) is 1.63. The summed E-state index contributed by atoms with van der Waals surface area (Å²) in [6, 6.07) is 5.65. The Morgan fingerprint density at radius 2 is 2.00 bits per heavy atom. The Morgan fingerprint density at radius 3 is 2.60 bits per heavy atom. The highest BCUT2D eigenvalue weighted by atomic mass is 79.9. The Labute approximate surface area is 128 Å². The number of carbonyl (C=O) groups is 1. The zero-order valence-electron chi connectivity index (χ0n) is 12.1. The van der Waals surface area contributed by atoms with Gasteiger partial charge in [0.05, 0.1) is 7.11 Å². The van der Waals surface area contributed by atoms with Crippen LogP contribution in [0.25, 0.3) is 0 Å². The molecule has 0 saturated carbocycles. The predicted molar refractivity (Wildman–Crippen MR) is 83.9 cm³/mol. The summed E-state index contributed by atoms with van der Waals surface area (Å²) < 4.78 is 5.29. The number of nitrogens with zero attached hydrogens (tertiary/aromatic N) is 2. The lowest BCUT2D eigenvalue weighted by molar-refractivity contribution is 0.0644. The van der Waals surface area contributed by atoms with Crippen LogP contribution in [0.5, 0.6) is 5.75 Å². The zero-order valence-corrected chi connectivity index (χ0v) is 13.6. The predicted octanol–water partition coefficient (Wildman–Crippen LogP) is 2.16. The number of aryl methyl sites for hydroxylation is 1. The average Bonchev–Trinajstić information content (AvgIpc) is 2.48. The number of benzene rings is 1. The maximum absolute atomic E-state index is 12.5. The maximum Gasteiger partial charge on any atom is 0.254 e. The fraction of sp³-hybridized carbons (Fsp3) is 0.533. The minimum Gasteiger partial charge on any atom is -0.496 e. The zero-order chi connectivity index (χ0) is 14.5. The third-order valence-electron chi connectivity index (χ3n) is 3.72. The number of alkyl halides is 1. The van der Waals surface area contributed by atoms with E-state index in [9.17, 15) is 4.79 Å². The summed E-state index contributed by atoms with van der Waals surface area (Å²) in [5.74, 6) is 0.871. The summed E-state index contributed by atoms with van der Waals surface area (Å²) in [6.45, 7) is 6.50. The Bertz CT molecular complexity index is 471. The van der Waals surface area contributed by atoms with Gasteiger partial charge in [-0.2, -0.15) is 0 Å². The second kappa shape index (κ2) is 7.09. The van der Waals surface area contributed by atoms with Gasteiger partial charge in [-0.05, 0) is 24.6 Å². The van der Waals surface area contributed by atoms with Crippen LogP contribution in [0.2, 0.25) is 0 Å². The minimum absolute atomic E-state index is 0.0989. The van der Waals surface area contributed by atoms with Crippen molar-refractivity contribution >= 4 is 21.8 Å². The van der Waals surface area contributed by atoms with E-state index in [1.165, 1.54) is 0 Å². The van der Waals surface area contributed by atoms with E-state index in [0.717, 1.165) is 49.4 Å². The third kappa shape index (κ3) is 3.52. The van der Waals surface area contributed by atoms with Gasteiger partial charge in [-0.25, -0.2) is 0 Å². The van der Waals surface area contributed by atoms with Gasteiger partial charge in [-0.1, -0.05) is 22.0 Å². The number of rotatable bonds is 4. The molecule has 0 spiro atoms. The van der Waals surface area contributed by atoms with Crippen LogP contribution in [0.3, 0.4) is 0 Å². The van der Waals surface area contributed by atoms with Crippen LogP contribution in [0.15, 0.2) is 18.2 Å². The molecule has 0 radical (unpaired) electrons. The Balaban J connectivity index is 2.02. The van der Waals surface area contributed by atoms with Crippen molar-refractivity contribution in [3.63, 3.8) is 0 Å². The van der Waals surface area contributed by atoms with Gasteiger partial charge in [0.25, 0.3) is 5.91 Å². The first kappa shape index (κ1) is 15.3. The van der Waals surface area contributed by atoms with Gasteiger partial charge in [0.2, 0.25) is 0 Å². The highest BCUT2D eigenvalue weighted by Gasteiger charge is 2.22. The summed E-state index contributed by atoms with van der Waals surface area (Å²) in [6.07, 6.45) is 0. The van der Waals surface area contributed by atoms with E-state index in [0.29, 0.717) is 5.56 Å². The second-order valence-electron chi connectivity index (χ2n) is 5.01. The lowest BCUT2D eigenvalue weighted by Gasteiger charge is -2.34. The van der Waals surface area contributed by atoms with Gasteiger partial charge in [0, 0.05) is 43.6 Å². The van der Waals surface area contributed by atoms with E-state index in [4.69, 9.17) is 4.74 Å². The SMILES string of the molecule is COc1cc(C(=O)N2CCN(CCBr)CC2)ccc1C. The number of amides is 1. The first-order valence-electron chi connectivity index (χ1n) is 6.88. The van der Waals surface area contributed by atoms with Crippen LogP contribution in [-0.4, -0.2) is 60.9 Å². The van der Waals surface area contributed by atoms with Crippen molar-refractivity contribution < 1.29 is 9.53 Å². The molecule has 0 aliphatic carbocycles. The van der Waals surface area contributed by atoms with Crippen LogP contribution >= 0.6 is 15.9 Å². The van der Waals surface area contributed by atoms with Gasteiger partial charge in [0.15, 0.2) is 0 Å². The molecule has 5 heteroatoms. The summed E-state index contributed by atoms with van der Waals surface area (Å²) in [4.78, 5) is 16.8. The molecule has 4 nitrogen and oxygen atoms in total. The topological polar surface area (TPSA) is 32.8 Å². The fourth-order valence-electron chi connectivity index (χ4n) is 2.43. The van der Waals surface area contributed by atoms with Crippen molar-refractivity contribution in [3.8, 4) is 5.75 Å². The number of carbonyl (C=O) groups excluding carboxylic acids is 1. The number of methoxy groups -OCH3 is 1. The van der Waals surface area contributed by atoms with Gasteiger partial charge >= 0.3 is 0 Å². The molecule has 1 fully saturated rings. The molecule has 1 aliphatic heterocycles. The lowest BCUT2D eigenvalue weighted by Crippen LogP contribution is -2.49. The molecule has 1 amide bonds. The molecule has 1 saturated heterocycles. The Kier molecular flexibility index (Phi) is 5.43.